The summed E-state index contributed by atoms with van der Waals surface area (Å²) in [5.74, 6) is 2.33. The van der Waals surface area contributed by atoms with Crippen molar-refractivity contribution in [3.8, 4) is 0 Å². The van der Waals surface area contributed by atoms with E-state index in [4.69, 9.17) is 19.5 Å². The molecule has 0 spiro atoms. The summed E-state index contributed by atoms with van der Waals surface area (Å²) < 4.78 is 7.17. The van der Waals surface area contributed by atoms with Crippen molar-refractivity contribution in [2.24, 2.45) is 7.05 Å². The Morgan fingerprint density at radius 3 is 1.02 bits per heavy atom. The zero-order valence-electron chi connectivity index (χ0n) is 87.5. The summed E-state index contributed by atoms with van der Waals surface area (Å²) in [5.41, 5.74) is 15.5. The van der Waals surface area contributed by atoms with Gasteiger partial charge in [-0.2, -0.15) is 5.10 Å². The third kappa shape index (κ3) is 24.5. The summed E-state index contributed by atoms with van der Waals surface area (Å²) >= 11 is 7.24. The Hall–Kier alpha value is -4.47. The van der Waals surface area contributed by atoms with Crippen LogP contribution in [0.3, 0.4) is 0 Å². The van der Waals surface area contributed by atoms with Crippen LogP contribution in [-0.2, 0) is 65.7 Å². The Kier molecular flexibility index (Phi) is 31.2. The zero-order valence-corrected chi connectivity index (χ0v) is 90.8. The fourth-order valence-electron chi connectivity index (χ4n) is 23.3. The Balaban J connectivity index is 0.000000113. The first-order valence-electron chi connectivity index (χ1n) is 51.7. The van der Waals surface area contributed by atoms with Crippen LogP contribution in [0.15, 0.2) is 62.3 Å². The number of aryl methyl sites for hydroxylation is 5. The van der Waals surface area contributed by atoms with E-state index in [0.29, 0.717) is 56.8 Å². The van der Waals surface area contributed by atoms with Crippen molar-refractivity contribution < 1.29 is 4.52 Å². The maximum Gasteiger partial charge on any atom is 0.138 e. The largest absolute Gasteiger partial charge is 0.361 e. The second-order valence-electron chi connectivity index (χ2n) is 49.7. The highest BCUT2D eigenvalue weighted by molar-refractivity contribution is 7.10. The molecule has 24 rings (SSSR count). The smallest absolute Gasteiger partial charge is 0.138 e. The van der Waals surface area contributed by atoms with Gasteiger partial charge in [0, 0.05) is 305 Å². The third-order valence-corrected chi connectivity index (χ3v) is 36.0. The second kappa shape index (κ2) is 40.9. The van der Waals surface area contributed by atoms with E-state index in [9.17, 15) is 0 Å². The van der Waals surface area contributed by atoms with Gasteiger partial charge in [-0.3, -0.25) is 78.3 Å². The van der Waals surface area contributed by atoms with Crippen LogP contribution in [0.1, 0.15) is 314 Å². The van der Waals surface area contributed by atoms with Crippen LogP contribution in [0.5, 0.6) is 0 Å². The number of piperidine rings is 7. The molecule has 16 saturated heterocycles. The van der Waals surface area contributed by atoms with Crippen LogP contribution in [0, 0.1) is 13.8 Å². The molecule has 23 heterocycles. The number of rotatable bonds is 18. The number of hydrogen-bond acceptors (Lipinski definition) is 26. The summed E-state index contributed by atoms with van der Waals surface area (Å²) in [5, 5.41) is 21.2. The van der Waals surface area contributed by atoms with Crippen molar-refractivity contribution in [3.05, 3.63) is 129 Å². The van der Waals surface area contributed by atoms with Gasteiger partial charge in [0.25, 0.3) is 0 Å². The summed E-state index contributed by atoms with van der Waals surface area (Å²) in [6.07, 6.45) is 20.7. The number of thiazole rings is 4. The molecule has 133 heavy (non-hydrogen) atoms. The monoisotopic (exact) mass is 1900 g/mol. The first-order valence-corrected chi connectivity index (χ1v) is 55.3. The summed E-state index contributed by atoms with van der Waals surface area (Å²) in [6.45, 7) is 86.2. The average molecular weight is 1900 g/mol. The minimum atomic E-state index is 0.298. The van der Waals surface area contributed by atoms with Gasteiger partial charge in [-0.15, -0.1) is 45.3 Å². The molecule has 7 aromatic rings. The third-order valence-electron chi connectivity index (χ3n) is 32.8. The Labute approximate surface area is 819 Å². The molecule has 0 aromatic carbocycles. The predicted octanol–water partition coefficient (Wildman–Crippen LogP) is 17.9. The Morgan fingerprint density at radius 1 is 0.368 bits per heavy atom. The van der Waals surface area contributed by atoms with Gasteiger partial charge in [0.1, 0.15) is 20.8 Å². The van der Waals surface area contributed by atoms with Gasteiger partial charge in [-0.05, 0) is 247 Å². The van der Waals surface area contributed by atoms with Gasteiger partial charge in [0.15, 0.2) is 0 Å². The lowest BCUT2D eigenvalue weighted by Gasteiger charge is -2.59. The van der Waals surface area contributed by atoms with Crippen molar-refractivity contribution in [2.45, 2.75) is 439 Å². The van der Waals surface area contributed by atoms with Gasteiger partial charge >= 0.3 is 0 Å². The van der Waals surface area contributed by atoms with Gasteiger partial charge < -0.3 is 4.52 Å². The Bertz CT molecular complexity index is 4680. The molecular formula is C106H174N22OS4. The lowest BCUT2D eigenvalue weighted by Crippen LogP contribution is -2.70. The quantitative estimate of drug-likeness (QED) is 0.0799. The molecule has 17 fully saturated rings. The fraction of sp³-hybridized carbons (Fsp3) is 0.783. The topological polar surface area (TPSA) is 154 Å². The number of piperazine rings is 7. The van der Waals surface area contributed by atoms with Crippen LogP contribution >= 0.6 is 45.3 Å². The highest BCUT2D eigenvalue weighted by Gasteiger charge is 2.54. The molecule has 14 bridgehead atoms. The number of nitrogens with zero attached hydrogens (tertiary/aromatic N) is 22. The van der Waals surface area contributed by atoms with Crippen molar-refractivity contribution in [1.29, 1.82) is 0 Å². The van der Waals surface area contributed by atoms with Crippen LogP contribution in [0.25, 0.3) is 0 Å². The number of hydrogen-bond donors (Lipinski definition) is 0. The van der Waals surface area contributed by atoms with E-state index in [1.807, 2.05) is 71.3 Å². The molecule has 738 valence electrons. The number of pyridine rings is 1. The molecular weight excluding hydrogens is 1730 g/mol. The normalized spacial score (nSPS) is 29.0. The molecule has 1 aliphatic carbocycles. The van der Waals surface area contributed by atoms with Gasteiger partial charge in [0.2, 0.25) is 0 Å². The van der Waals surface area contributed by atoms with E-state index in [-0.39, 0.29) is 0 Å². The van der Waals surface area contributed by atoms with Crippen LogP contribution in [0.2, 0.25) is 0 Å². The molecule has 14 unspecified atom stereocenters. The molecule has 23 nitrogen and oxygen atoms in total. The second-order valence-corrected chi connectivity index (χ2v) is 53.3. The molecule has 7 aromatic heterocycles. The molecule has 16 aliphatic heterocycles. The lowest BCUT2D eigenvalue weighted by atomic mass is 9.84. The van der Waals surface area contributed by atoms with Crippen molar-refractivity contribution in [3.63, 3.8) is 0 Å². The standard InChI is InChI=1S/C17H27N3.C16H25N3S.C16H27N3S.C15H25N3O.C15H25N3S.C14H24N4.C13H21N3S/c1-5-14-7-6-13(9-18-14)10-20-15-8-16(20)12-19(11-15)17(2,3)4;1-16(2,3)18-7-12-6-13(8-18)19(12)9-15-17-14(10-20-15)11-4-5-11;1-11(2)14-10-20-15(17-14)9-19-12-6-13(19)8-18(7-12)16(3,4)5;1-10-14(11(2)19-16-10)9-18-12-6-13(18)8-17(7-12)15(3,4)5;1-5-11-10-19-14(16-11)9-18-12-6-13(18)8-17(7-12)15(2,3)4;1-14(2,3)17-9-12-5-13(10-17)18(12)8-11-6-15-16(4)7-11;1-13(2,3)15-6-11-4-12(7-15)16(11)5-10-8-17-9-14-10/h6-7,9,15-16H,5,8,10-12H2,1-4H3;10-13H,4-9H2,1-3H3;10-13H,6-9H2,1-5H3;12-13H,6-9H2,1-5H3;10,12-13H,5-9H2,1-4H3;6-7,12-13H,5,8-10H2,1-4H3;8-9,11-12H,4-7H2,1-3H3. The van der Waals surface area contributed by atoms with Crippen molar-refractivity contribution in [1.82, 2.24) is 108 Å². The fourth-order valence-corrected chi connectivity index (χ4v) is 26.6. The van der Waals surface area contributed by atoms with Crippen LogP contribution in [-0.4, -0.2) is 323 Å². The predicted molar refractivity (Wildman–Crippen MR) is 550 cm³/mol. The molecule has 27 heteroatoms. The molecule has 0 amide bonds. The zero-order chi connectivity index (χ0) is 95.1. The molecule has 17 aliphatic rings. The van der Waals surface area contributed by atoms with Gasteiger partial charge in [-0.1, -0.05) is 38.9 Å². The van der Waals surface area contributed by atoms with Crippen molar-refractivity contribution >= 4 is 45.3 Å². The van der Waals surface area contributed by atoms with Crippen LogP contribution < -0.4 is 0 Å². The van der Waals surface area contributed by atoms with E-state index < -0.39 is 0 Å². The molecule has 14 atom stereocenters. The average Bonchev–Trinajstić information content (AvgIpc) is 1.16. The molecule has 0 N–H and O–H groups in total. The summed E-state index contributed by atoms with van der Waals surface area (Å²) in [6, 6.07) is 14.9. The summed E-state index contributed by atoms with van der Waals surface area (Å²) in [7, 11) is 1.99. The number of fused-ring (bicyclic) bond motifs is 14. The van der Waals surface area contributed by atoms with E-state index in [1.54, 1.807) is 11.3 Å². The first kappa shape index (κ1) is 101. The Morgan fingerprint density at radius 2 is 0.714 bits per heavy atom. The maximum absolute atomic E-state index is 5.28. The molecule has 1 saturated carbocycles. The maximum atomic E-state index is 5.28. The van der Waals surface area contributed by atoms with Crippen molar-refractivity contribution in [2.75, 3.05) is 91.6 Å². The lowest BCUT2D eigenvalue weighted by molar-refractivity contribution is -0.100. The highest BCUT2D eigenvalue weighted by Crippen LogP contribution is 2.46. The van der Waals surface area contributed by atoms with E-state index in [2.05, 4.69) is 308 Å². The number of aromatic nitrogens is 8. The minimum Gasteiger partial charge on any atom is -0.361 e. The highest BCUT2D eigenvalue weighted by atomic mass is 32.1. The van der Waals surface area contributed by atoms with E-state index in [0.717, 1.165) is 149 Å². The van der Waals surface area contributed by atoms with E-state index in [1.165, 1.54) is 210 Å². The van der Waals surface area contributed by atoms with Crippen LogP contribution in [0.4, 0.5) is 0 Å². The first-order chi connectivity index (χ1) is 62.6. The SMILES string of the molecule is CC(C)(C)N1CC2CC(C1)N2Cc1cscn1.CC(C)(C)N1CC2CC(C1)N2Cc1nc(C2CC2)cs1.CC(C)c1csc(CN2C3CC2CN(C(C)(C)C)C3)n1.CCc1ccc(CN2C3CC2CN(C(C)(C)C)C3)cn1.CCc1csc(CN2C3CC2CN(C(C)(C)C)C3)n1.Cc1noc(C)c1CN1C2CC1CN(C(C)(C)C)C2.Cn1cc(CN2C3CC2CN(C(C)(C)C)C3)cn1. The van der Waals surface area contributed by atoms with Gasteiger partial charge in [0.05, 0.1) is 59.8 Å². The minimum absolute atomic E-state index is 0.298. The summed E-state index contributed by atoms with van der Waals surface area (Å²) in [4.78, 5) is 60.3. The van der Waals surface area contributed by atoms with Gasteiger partial charge in [-0.25, -0.2) is 19.9 Å². The molecule has 0 radical (unpaired) electrons. The van der Waals surface area contributed by atoms with E-state index >= 15 is 0 Å². The number of likely N-dealkylation sites (tertiary alicyclic amines) is 10.